The number of hydrogen-bond acceptors (Lipinski definition) is 4. The van der Waals surface area contributed by atoms with E-state index in [2.05, 4.69) is 229 Å². The predicted octanol–water partition coefficient (Wildman–Crippen LogP) is 17.0. The predicted molar refractivity (Wildman–Crippen MR) is 285 cm³/mol. The highest BCUT2D eigenvalue weighted by Crippen LogP contribution is 2.42. The average Bonchev–Trinajstić information content (AvgIpc) is 3.97. The Hall–Kier alpha value is -8.77. The van der Waals surface area contributed by atoms with Crippen molar-refractivity contribution in [2.75, 3.05) is 0 Å². The largest absolute Gasteiger partial charge is 0.309 e. The maximum atomic E-state index is 5.16. The number of nitrogens with zero attached hydrogens (tertiary/aromatic N) is 4. The first-order valence-electron chi connectivity index (χ1n) is 22.9. The lowest BCUT2D eigenvalue weighted by molar-refractivity contribution is 1.07. The van der Waals surface area contributed by atoms with Gasteiger partial charge in [0.1, 0.15) is 0 Å². The van der Waals surface area contributed by atoms with Gasteiger partial charge in [-0.2, -0.15) is 0 Å². The normalized spacial score (nSPS) is 11.5. The molecular formula is C63H40N4S. The molecule has 68 heavy (non-hydrogen) atoms. The van der Waals surface area contributed by atoms with Gasteiger partial charge < -0.3 is 4.57 Å². The first-order valence-corrected chi connectivity index (χ1v) is 23.7. The molecule has 13 aromatic rings. The van der Waals surface area contributed by atoms with E-state index in [4.69, 9.17) is 15.0 Å². The molecule has 3 aromatic heterocycles. The highest BCUT2D eigenvalue weighted by molar-refractivity contribution is 7.25. The Morgan fingerprint density at radius 2 is 0.721 bits per heavy atom. The summed E-state index contributed by atoms with van der Waals surface area (Å²) in [5.74, 6) is 1.87. The topological polar surface area (TPSA) is 43.6 Å². The molecule has 318 valence electrons. The van der Waals surface area contributed by atoms with E-state index in [1.54, 1.807) is 0 Å². The minimum atomic E-state index is 0.619. The average molecular weight is 885 g/mol. The first kappa shape index (κ1) is 39.6. The Bertz CT molecular complexity index is 3930. The van der Waals surface area contributed by atoms with Gasteiger partial charge in [-0.25, -0.2) is 15.0 Å². The van der Waals surface area contributed by atoms with Crippen molar-refractivity contribution in [1.82, 2.24) is 19.5 Å². The van der Waals surface area contributed by atoms with Crippen LogP contribution in [0.2, 0.25) is 0 Å². The first-order chi connectivity index (χ1) is 33.7. The zero-order valence-electron chi connectivity index (χ0n) is 36.8. The van der Waals surface area contributed by atoms with E-state index >= 15 is 0 Å². The zero-order valence-corrected chi connectivity index (χ0v) is 37.6. The van der Waals surface area contributed by atoms with E-state index in [1.807, 2.05) is 29.5 Å². The standard InChI is InChI=1S/C63H40N4S/c1-4-15-41(16-5-1)48-37-49(42-17-6-2-7-18-42)39-50(38-48)43-27-29-45(30-28-43)62-64-61(44-19-8-3-9-20-44)65-63(66-62)46-31-34-51(35-32-46)67-56-24-12-10-21-53(56)54-36-33-47(40-57(54)67)52-23-14-26-59-60(52)55-22-11-13-25-58(55)68-59/h1-40H. The Kier molecular flexibility index (Phi) is 9.66. The van der Waals surface area contributed by atoms with E-state index in [1.165, 1.54) is 64.3 Å². The molecule has 0 aliphatic rings. The molecule has 0 fully saturated rings. The molecule has 0 saturated heterocycles. The summed E-state index contributed by atoms with van der Waals surface area (Å²) in [7, 11) is 0. The van der Waals surface area contributed by atoms with E-state index in [9.17, 15) is 0 Å². The molecule has 0 unspecified atom stereocenters. The fraction of sp³-hybridized carbons (Fsp3) is 0. The van der Waals surface area contributed by atoms with Gasteiger partial charge in [0.15, 0.2) is 17.5 Å². The summed E-state index contributed by atoms with van der Waals surface area (Å²) in [6.07, 6.45) is 0. The Morgan fingerprint density at radius 3 is 1.34 bits per heavy atom. The highest BCUT2D eigenvalue weighted by Gasteiger charge is 2.18. The van der Waals surface area contributed by atoms with Gasteiger partial charge in [-0.05, 0) is 111 Å². The van der Waals surface area contributed by atoms with Crippen LogP contribution in [0.15, 0.2) is 243 Å². The summed E-state index contributed by atoms with van der Waals surface area (Å²) in [6.45, 7) is 0. The molecule has 0 radical (unpaired) electrons. The van der Waals surface area contributed by atoms with Crippen molar-refractivity contribution in [3.05, 3.63) is 243 Å². The van der Waals surface area contributed by atoms with Gasteiger partial charge in [-0.3, -0.25) is 0 Å². The highest BCUT2D eigenvalue weighted by atomic mass is 32.1. The van der Waals surface area contributed by atoms with Gasteiger partial charge in [-0.1, -0.05) is 176 Å². The SMILES string of the molecule is c1ccc(-c2cc(-c3ccccc3)cc(-c3ccc(-c4nc(-c5ccccc5)nc(-c5ccc(-n6c7ccccc7c7ccc(-c8cccc9sc%10ccccc%10c89)cc76)cc5)n4)cc3)c2)cc1. The maximum absolute atomic E-state index is 5.16. The van der Waals surface area contributed by atoms with Gasteiger partial charge in [0, 0.05) is 53.3 Å². The summed E-state index contributed by atoms with van der Waals surface area (Å²) >= 11 is 1.86. The van der Waals surface area contributed by atoms with Gasteiger partial charge in [0.05, 0.1) is 11.0 Å². The second-order valence-electron chi connectivity index (χ2n) is 17.2. The van der Waals surface area contributed by atoms with Gasteiger partial charge in [0.2, 0.25) is 0 Å². The van der Waals surface area contributed by atoms with Crippen LogP contribution >= 0.6 is 11.3 Å². The molecule has 0 bridgehead atoms. The molecule has 0 aliphatic carbocycles. The number of benzene rings is 10. The second kappa shape index (κ2) is 16.6. The van der Waals surface area contributed by atoms with Crippen molar-refractivity contribution in [2.45, 2.75) is 0 Å². The number of rotatable bonds is 8. The summed E-state index contributed by atoms with van der Waals surface area (Å²) in [5, 5.41) is 5.05. The van der Waals surface area contributed by atoms with Gasteiger partial charge in [0.25, 0.3) is 0 Å². The molecule has 0 saturated carbocycles. The van der Waals surface area contributed by atoms with Crippen LogP contribution in [-0.2, 0) is 0 Å². The van der Waals surface area contributed by atoms with Crippen molar-refractivity contribution in [3.63, 3.8) is 0 Å². The smallest absolute Gasteiger partial charge is 0.164 e. The minimum Gasteiger partial charge on any atom is -0.309 e. The number of hydrogen-bond donors (Lipinski definition) is 0. The molecule has 13 rings (SSSR count). The fourth-order valence-corrected chi connectivity index (χ4v) is 10.9. The number of aromatic nitrogens is 4. The number of thiophene rings is 1. The van der Waals surface area contributed by atoms with Crippen molar-refractivity contribution in [3.8, 4) is 84.4 Å². The van der Waals surface area contributed by atoms with Crippen LogP contribution in [-0.4, -0.2) is 19.5 Å². The third-order valence-electron chi connectivity index (χ3n) is 13.1. The van der Waals surface area contributed by atoms with Gasteiger partial charge in [-0.15, -0.1) is 11.3 Å². The fourth-order valence-electron chi connectivity index (χ4n) is 9.74. The van der Waals surface area contributed by atoms with Crippen LogP contribution in [0.5, 0.6) is 0 Å². The molecule has 5 heteroatoms. The van der Waals surface area contributed by atoms with Crippen LogP contribution in [0.1, 0.15) is 0 Å². The van der Waals surface area contributed by atoms with Crippen LogP contribution in [0.3, 0.4) is 0 Å². The van der Waals surface area contributed by atoms with E-state index < -0.39 is 0 Å². The Morgan fingerprint density at radius 1 is 0.279 bits per heavy atom. The summed E-state index contributed by atoms with van der Waals surface area (Å²) in [6, 6.07) is 86.5. The van der Waals surface area contributed by atoms with Crippen molar-refractivity contribution in [2.24, 2.45) is 0 Å². The molecule has 0 atom stereocenters. The molecule has 0 N–H and O–H groups in total. The minimum absolute atomic E-state index is 0.619. The summed E-state index contributed by atoms with van der Waals surface area (Å²) in [5.41, 5.74) is 15.6. The zero-order chi connectivity index (χ0) is 45.0. The Balaban J connectivity index is 0.889. The van der Waals surface area contributed by atoms with Crippen LogP contribution < -0.4 is 0 Å². The van der Waals surface area contributed by atoms with Crippen molar-refractivity contribution < 1.29 is 0 Å². The van der Waals surface area contributed by atoms with Crippen molar-refractivity contribution in [1.29, 1.82) is 0 Å². The maximum Gasteiger partial charge on any atom is 0.164 e. The van der Waals surface area contributed by atoms with E-state index in [0.717, 1.165) is 44.5 Å². The summed E-state index contributed by atoms with van der Waals surface area (Å²) < 4.78 is 5.00. The van der Waals surface area contributed by atoms with Crippen LogP contribution in [0, 0.1) is 0 Å². The van der Waals surface area contributed by atoms with Crippen molar-refractivity contribution >= 4 is 53.3 Å². The molecule has 10 aromatic carbocycles. The Labute approximate surface area is 397 Å². The summed E-state index contributed by atoms with van der Waals surface area (Å²) in [4.78, 5) is 15.3. The number of para-hydroxylation sites is 1. The van der Waals surface area contributed by atoms with E-state index in [-0.39, 0.29) is 0 Å². The molecular weight excluding hydrogens is 845 g/mol. The lowest BCUT2D eigenvalue weighted by Crippen LogP contribution is -2.00. The molecule has 0 aliphatic heterocycles. The third-order valence-corrected chi connectivity index (χ3v) is 14.2. The number of fused-ring (bicyclic) bond motifs is 6. The monoisotopic (exact) mass is 884 g/mol. The third kappa shape index (κ3) is 7.05. The van der Waals surface area contributed by atoms with Crippen LogP contribution in [0.4, 0.5) is 0 Å². The molecule has 4 nitrogen and oxygen atoms in total. The quantitative estimate of drug-likeness (QED) is 0.153. The van der Waals surface area contributed by atoms with Crippen LogP contribution in [0.25, 0.3) is 126 Å². The lowest BCUT2D eigenvalue weighted by atomic mass is 9.93. The second-order valence-corrected chi connectivity index (χ2v) is 18.3. The molecule has 0 spiro atoms. The van der Waals surface area contributed by atoms with E-state index in [0.29, 0.717) is 17.5 Å². The molecule has 0 amide bonds. The molecule has 3 heterocycles. The lowest BCUT2D eigenvalue weighted by Gasteiger charge is -2.13. The van der Waals surface area contributed by atoms with Gasteiger partial charge >= 0.3 is 0 Å².